The van der Waals surface area contributed by atoms with E-state index in [1.54, 1.807) is 24.3 Å². The largest absolute Gasteiger partial charge is 0.490 e. The van der Waals surface area contributed by atoms with E-state index in [1.165, 1.54) is 13.8 Å². The molecule has 1 rings (SSSR count). The Balaban J connectivity index is 2.30. The molecule has 7 nitrogen and oxygen atoms in total. The number of esters is 1. The summed E-state index contributed by atoms with van der Waals surface area (Å²) in [6, 6.07) is 6.28. The van der Waals surface area contributed by atoms with Crippen molar-refractivity contribution in [3.05, 3.63) is 29.8 Å². The predicted octanol–water partition coefficient (Wildman–Crippen LogP) is 1.82. The third kappa shape index (κ3) is 7.23. The summed E-state index contributed by atoms with van der Waals surface area (Å²) in [6.07, 6.45) is 0.229. The van der Waals surface area contributed by atoms with Crippen molar-refractivity contribution in [2.45, 2.75) is 38.7 Å². The fourth-order valence-corrected chi connectivity index (χ4v) is 1.83. The van der Waals surface area contributed by atoms with Crippen LogP contribution in [0, 0.1) is 0 Å². The van der Waals surface area contributed by atoms with Crippen molar-refractivity contribution in [2.75, 3.05) is 13.2 Å². The second kappa shape index (κ2) is 9.02. The van der Waals surface area contributed by atoms with E-state index >= 15 is 0 Å². The summed E-state index contributed by atoms with van der Waals surface area (Å²) in [7, 11) is 0. The van der Waals surface area contributed by atoms with Crippen molar-refractivity contribution in [3.8, 4) is 5.75 Å². The first-order chi connectivity index (χ1) is 11.2. The Bertz CT molecular complexity index is 570. The van der Waals surface area contributed by atoms with Gasteiger partial charge in [0.1, 0.15) is 24.6 Å². The number of carboxylic acids is 1. The van der Waals surface area contributed by atoms with Crippen LogP contribution in [0.2, 0.25) is 0 Å². The molecule has 0 aliphatic heterocycles. The third-order valence-corrected chi connectivity index (χ3v) is 3.06. The van der Waals surface area contributed by atoms with E-state index < -0.39 is 17.5 Å². The molecule has 0 aliphatic carbocycles. The number of hydrogen-bond donors (Lipinski definition) is 2. The Morgan fingerprint density at radius 3 is 2.21 bits per heavy atom. The second-order valence-electron chi connectivity index (χ2n) is 5.73. The normalized spacial score (nSPS) is 11.0. The first-order valence-corrected chi connectivity index (χ1v) is 7.57. The van der Waals surface area contributed by atoms with Gasteiger partial charge in [-0.1, -0.05) is 0 Å². The van der Waals surface area contributed by atoms with E-state index in [1.807, 2.05) is 0 Å². The van der Waals surface area contributed by atoms with Gasteiger partial charge in [-0.15, -0.1) is 0 Å². The van der Waals surface area contributed by atoms with Crippen LogP contribution in [0.1, 0.15) is 43.5 Å². The molecule has 0 atom stereocenters. The van der Waals surface area contributed by atoms with E-state index in [9.17, 15) is 19.5 Å². The van der Waals surface area contributed by atoms with Crippen LogP contribution in [0.15, 0.2) is 24.3 Å². The molecule has 0 saturated heterocycles. The summed E-state index contributed by atoms with van der Waals surface area (Å²) in [4.78, 5) is 33.5. The first kappa shape index (κ1) is 19.6. The zero-order chi connectivity index (χ0) is 18.2. The average molecular weight is 338 g/mol. The highest BCUT2D eigenvalue weighted by Gasteiger charge is 2.24. The molecule has 0 unspecified atom stereocenters. The fraction of sp³-hybridized carbons (Fsp3) is 0.471. The lowest BCUT2D eigenvalue weighted by atomic mass is 9.97. The molecule has 0 fully saturated rings. The third-order valence-electron chi connectivity index (χ3n) is 3.06. The minimum Gasteiger partial charge on any atom is -0.490 e. The van der Waals surface area contributed by atoms with E-state index in [-0.39, 0.29) is 38.3 Å². The average Bonchev–Trinajstić information content (AvgIpc) is 2.50. The summed E-state index contributed by atoms with van der Waals surface area (Å²) < 4.78 is 10.3. The van der Waals surface area contributed by atoms with Crippen molar-refractivity contribution in [2.24, 2.45) is 0 Å². The van der Waals surface area contributed by atoms with Crippen molar-refractivity contribution in [3.63, 3.8) is 0 Å². The molecule has 0 aliphatic rings. The zero-order valence-electron chi connectivity index (χ0n) is 13.8. The Hall–Kier alpha value is -2.41. The lowest BCUT2D eigenvalue weighted by Crippen LogP contribution is -2.30. The molecule has 0 amide bonds. The van der Waals surface area contributed by atoms with Crippen LogP contribution in [0.4, 0.5) is 0 Å². The SMILES string of the molecule is CC(C)(O)C(=O)c1ccc(OCCOC(=O)CCCC(=O)O)cc1. The quantitative estimate of drug-likeness (QED) is 0.380. The van der Waals surface area contributed by atoms with Crippen LogP contribution < -0.4 is 4.74 Å². The molecule has 24 heavy (non-hydrogen) atoms. The first-order valence-electron chi connectivity index (χ1n) is 7.57. The minimum atomic E-state index is -1.43. The van der Waals surface area contributed by atoms with Crippen LogP contribution in [0.5, 0.6) is 5.75 Å². The van der Waals surface area contributed by atoms with Crippen LogP contribution in [-0.4, -0.2) is 46.7 Å². The number of rotatable bonds is 10. The molecule has 0 aromatic heterocycles. The molecule has 2 N–H and O–H groups in total. The summed E-state index contributed by atoms with van der Waals surface area (Å²) in [5.41, 5.74) is -1.06. The number of benzene rings is 1. The monoisotopic (exact) mass is 338 g/mol. The molecule has 7 heteroatoms. The van der Waals surface area contributed by atoms with E-state index in [4.69, 9.17) is 14.6 Å². The van der Waals surface area contributed by atoms with E-state index in [2.05, 4.69) is 0 Å². The van der Waals surface area contributed by atoms with Gasteiger partial charge in [0.15, 0.2) is 5.78 Å². The Morgan fingerprint density at radius 2 is 1.67 bits per heavy atom. The van der Waals surface area contributed by atoms with Crippen LogP contribution in [0.25, 0.3) is 0 Å². The van der Waals surface area contributed by atoms with Gasteiger partial charge in [-0.3, -0.25) is 14.4 Å². The number of carboxylic acid groups (broad SMARTS) is 1. The summed E-state index contributed by atoms with van der Waals surface area (Å²) in [6.45, 7) is 3.04. The molecular weight excluding hydrogens is 316 g/mol. The van der Waals surface area contributed by atoms with Gasteiger partial charge >= 0.3 is 11.9 Å². The highest BCUT2D eigenvalue weighted by atomic mass is 16.6. The summed E-state index contributed by atoms with van der Waals surface area (Å²) >= 11 is 0. The number of aliphatic hydroxyl groups is 1. The lowest BCUT2D eigenvalue weighted by Gasteiger charge is -2.15. The smallest absolute Gasteiger partial charge is 0.305 e. The number of carbonyl (C=O) groups excluding carboxylic acids is 2. The molecule has 0 spiro atoms. The van der Waals surface area contributed by atoms with Gasteiger partial charge in [-0.05, 0) is 44.5 Å². The van der Waals surface area contributed by atoms with Crippen LogP contribution >= 0.6 is 0 Å². The fourth-order valence-electron chi connectivity index (χ4n) is 1.83. The van der Waals surface area contributed by atoms with E-state index in [0.29, 0.717) is 11.3 Å². The molecule has 0 radical (unpaired) electrons. The van der Waals surface area contributed by atoms with Gasteiger partial charge in [0, 0.05) is 18.4 Å². The van der Waals surface area contributed by atoms with Crippen molar-refractivity contribution >= 4 is 17.7 Å². The number of Topliss-reactive ketones (excluding diaryl/α,β-unsaturated/α-hetero) is 1. The van der Waals surface area contributed by atoms with Crippen molar-refractivity contribution < 1.29 is 34.1 Å². The molecule has 0 heterocycles. The minimum absolute atomic E-state index is 0.0518. The second-order valence-corrected chi connectivity index (χ2v) is 5.73. The number of ether oxygens (including phenoxy) is 2. The summed E-state index contributed by atoms with van der Waals surface area (Å²) in [5.74, 6) is -1.29. The Morgan fingerprint density at radius 1 is 1.04 bits per heavy atom. The maximum atomic E-state index is 11.9. The highest BCUT2D eigenvalue weighted by molar-refractivity contribution is 6.01. The standard InChI is InChI=1S/C17H22O7/c1-17(2,22)16(21)12-6-8-13(9-7-12)23-10-11-24-15(20)5-3-4-14(18)19/h6-9,22H,3-5,10-11H2,1-2H3,(H,18,19). The number of hydrogen-bond acceptors (Lipinski definition) is 6. The molecule has 1 aromatic rings. The topological polar surface area (TPSA) is 110 Å². The van der Waals surface area contributed by atoms with Gasteiger partial charge in [-0.25, -0.2) is 0 Å². The van der Waals surface area contributed by atoms with Crippen LogP contribution in [0.3, 0.4) is 0 Å². The van der Waals surface area contributed by atoms with Crippen molar-refractivity contribution in [1.82, 2.24) is 0 Å². The van der Waals surface area contributed by atoms with Gasteiger partial charge in [0.2, 0.25) is 0 Å². The predicted molar refractivity (Wildman–Crippen MR) is 85.0 cm³/mol. The highest BCUT2D eigenvalue weighted by Crippen LogP contribution is 2.17. The molecular formula is C17H22O7. The van der Waals surface area contributed by atoms with E-state index in [0.717, 1.165) is 0 Å². The molecule has 1 aromatic carbocycles. The van der Waals surface area contributed by atoms with Crippen molar-refractivity contribution in [1.29, 1.82) is 0 Å². The number of carbonyl (C=O) groups is 3. The summed E-state index contributed by atoms with van der Waals surface area (Å²) in [5, 5.41) is 18.1. The van der Waals surface area contributed by atoms with Gasteiger partial charge < -0.3 is 19.7 Å². The van der Waals surface area contributed by atoms with Crippen LogP contribution in [-0.2, 0) is 14.3 Å². The number of ketones is 1. The molecule has 0 saturated carbocycles. The lowest BCUT2D eigenvalue weighted by molar-refractivity contribution is -0.144. The van der Waals surface area contributed by atoms with Gasteiger partial charge in [-0.2, -0.15) is 0 Å². The maximum absolute atomic E-state index is 11.9. The zero-order valence-corrected chi connectivity index (χ0v) is 13.8. The molecule has 0 bridgehead atoms. The number of aliphatic carboxylic acids is 1. The van der Waals surface area contributed by atoms with Gasteiger partial charge in [0.05, 0.1) is 0 Å². The van der Waals surface area contributed by atoms with Gasteiger partial charge in [0.25, 0.3) is 0 Å². The Kier molecular flexibility index (Phi) is 7.38. The Labute approximate surface area is 140 Å². The maximum Gasteiger partial charge on any atom is 0.305 e. The molecule has 132 valence electrons.